The fourth-order valence-electron chi connectivity index (χ4n) is 5.02. The summed E-state index contributed by atoms with van der Waals surface area (Å²) < 4.78 is 37.5. The van der Waals surface area contributed by atoms with Crippen LogP contribution in [0.15, 0.2) is 150 Å². The van der Waals surface area contributed by atoms with Gasteiger partial charge in [-0.15, -0.1) is 42.0 Å². The zero-order chi connectivity index (χ0) is 32.4. The van der Waals surface area contributed by atoms with E-state index in [1.807, 2.05) is 54.6 Å². The van der Waals surface area contributed by atoms with Crippen LogP contribution < -0.4 is 0 Å². The Bertz CT molecular complexity index is 2280. The standard InChI is InChI=1S/C27H17N2O.C12H10N.Ir/c1-2-8-19(9-3-1)20-14-16-21(17-15-20)29-25-12-6-5-11-24(25)28-27(29)23-18-30-26-13-7-4-10-22(23)26;1-10-7-8-12(13-9-10)11-5-3-2-4-6-11;/h1-17H;2-5,7-9H,1H3;/q2*-1;/i4D;1D3;. The number of para-hydroxylation sites is 3. The molecule has 0 amide bonds. The van der Waals surface area contributed by atoms with Crippen LogP contribution in [0.25, 0.3) is 61.5 Å². The van der Waals surface area contributed by atoms with Gasteiger partial charge in [0, 0.05) is 47.9 Å². The van der Waals surface area contributed by atoms with Crippen LogP contribution in [-0.2, 0) is 20.1 Å². The summed E-state index contributed by atoms with van der Waals surface area (Å²) in [5, 5.41) is 0.838. The second-order valence-electron chi connectivity index (χ2n) is 9.88. The number of hydrogen-bond donors (Lipinski definition) is 0. The van der Waals surface area contributed by atoms with Gasteiger partial charge in [0.1, 0.15) is 0 Å². The normalized spacial score (nSPS) is 12.3. The van der Waals surface area contributed by atoms with E-state index in [1.165, 1.54) is 11.8 Å². The summed E-state index contributed by atoms with van der Waals surface area (Å²) in [5.41, 5.74) is 8.56. The molecule has 4 nitrogen and oxygen atoms in total. The van der Waals surface area contributed by atoms with Crippen LogP contribution >= 0.6 is 0 Å². The molecule has 0 unspecified atom stereocenters. The Balaban J connectivity index is 0.000000201. The van der Waals surface area contributed by atoms with Crippen LogP contribution in [0.3, 0.4) is 0 Å². The molecule has 5 heteroatoms. The number of aromatic nitrogens is 3. The first-order valence-electron chi connectivity index (χ1n) is 15.8. The van der Waals surface area contributed by atoms with Crippen molar-refractivity contribution in [3.63, 3.8) is 0 Å². The minimum Gasteiger partial charge on any atom is -0.557 e. The van der Waals surface area contributed by atoms with Crippen LogP contribution in [0.5, 0.6) is 0 Å². The third-order valence-electron chi connectivity index (χ3n) is 7.12. The summed E-state index contributed by atoms with van der Waals surface area (Å²) in [5.74, 6) is 0.748. The summed E-state index contributed by atoms with van der Waals surface area (Å²) in [7, 11) is 0. The van der Waals surface area contributed by atoms with Gasteiger partial charge in [0.05, 0.1) is 18.2 Å². The van der Waals surface area contributed by atoms with Gasteiger partial charge in [0.15, 0.2) is 0 Å². The SMILES string of the molecule is [2H]C([2H])([2H])c1ccc(-c2[c-]cccc2)nc1.[2H]c1ccc2o[c-]c(-c3nc4ccccc4n3-c3ccc(-c4ccccc4)cc3)c2c1.[Ir]. The third-order valence-corrected chi connectivity index (χ3v) is 7.12. The van der Waals surface area contributed by atoms with Crippen molar-refractivity contribution in [2.75, 3.05) is 0 Å². The van der Waals surface area contributed by atoms with Gasteiger partial charge in [0.2, 0.25) is 0 Å². The number of benzene rings is 5. The Morgan fingerprint density at radius 1 is 0.773 bits per heavy atom. The summed E-state index contributed by atoms with van der Waals surface area (Å²) in [4.78, 5) is 9.03. The van der Waals surface area contributed by atoms with Gasteiger partial charge in [-0.05, 0) is 53.5 Å². The van der Waals surface area contributed by atoms with Gasteiger partial charge in [0.25, 0.3) is 0 Å². The molecule has 0 aliphatic carbocycles. The Hall–Kier alpha value is -5.09. The van der Waals surface area contributed by atoms with Crippen molar-refractivity contribution < 1.29 is 30.0 Å². The van der Waals surface area contributed by atoms with E-state index < -0.39 is 6.85 Å². The Morgan fingerprint density at radius 2 is 1.57 bits per heavy atom. The molecule has 0 atom stereocenters. The molecule has 3 heterocycles. The molecule has 8 rings (SSSR count). The largest absolute Gasteiger partial charge is 0.557 e. The Kier molecular flexibility index (Phi) is 7.23. The van der Waals surface area contributed by atoms with Gasteiger partial charge in [-0.2, -0.15) is 0 Å². The van der Waals surface area contributed by atoms with Crippen LogP contribution in [0, 0.1) is 19.2 Å². The molecule has 215 valence electrons. The topological polar surface area (TPSA) is 43.9 Å². The fourth-order valence-corrected chi connectivity index (χ4v) is 5.02. The van der Waals surface area contributed by atoms with Gasteiger partial charge < -0.3 is 14.0 Å². The van der Waals surface area contributed by atoms with E-state index in [9.17, 15) is 0 Å². The maximum Gasteiger partial charge on any atom is 0.0774 e. The predicted octanol–water partition coefficient (Wildman–Crippen LogP) is 9.76. The van der Waals surface area contributed by atoms with E-state index in [0.29, 0.717) is 11.6 Å². The van der Waals surface area contributed by atoms with Crippen molar-refractivity contribution in [2.45, 2.75) is 6.85 Å². The fraction of sp³-hybridized carbons (Fsp3) is 0.0256. The van der Waals surface area contributed by atoms with Gasteiger partial charge in [-0.3, -0.25) is 4.98 Å². The zero-order valence-corrected chi connectivity index (χ0v) is 25.8. The maximum absolute atomic E-state index is 8.02. The molecule has 0 aliphatic rings. The molecule has 0 N–H and O–H groups in total. The van der Waals surface area contributed by atoms with Crippen LogP contribution in [0.2, 0.25) is 0 Å². The maximum atomic E-state index is 8.02. The summed E-state index contributed by atoms with van der Waals surface area (Å²) >= 11 is 0. The average molecular weight is 750 g/mol. The number of hydrogen-bond acceptors (Lipinski definition) is 3. The van der Waals surface area contributed by atoms with Crippen molar-refractivity contribution in [3.8, 4) is 39.5 Å². The summed E-state index contributed by atoms with van der Waals surface area (Å²) in [6, 6.07) is 46.4. The average Bonchev–Trinajstić information content (AvgIpc) is 3.70. The van der Waals surface area contributed by atoms with Crippen LogP contribution in [0.4, 0.5) is 0 Å². The van der Waals surface area contributed by atoms with Crippen LogP contribution in [-0.4, -0.2) is 14.5 Å². The molecule has 0 spiro atoms. The van der Waals surface area contributed by atoms with Gasteiger partial charge in [-0.25, -0.2) is 0 Å². The summed E-state index contributed by atoms with van der Waals surface area (Å²) in [6.45, 7) is -2.09. The van der Waals surface area contributed by atoms with Crippen molar-refractivity contribution >= 4 is 22.0 Å². The number of imidazole rings is 1. The Labute approximate surface area is 275 Å². The van der Waals surface area contributed by atoms with E-state index in [-0.39, 0.29) is 25.7 Å². The molecular weight excluding hydrogens is 719 g/mol. The van der Waals surface area contributed by atoms with E-state index in [1.54, 1.807) is 36.4 Å². The van der Waals surface area contributed by atoms with E-state index >= 15 is 0 Å². The van der Waals surface area contributed by atoms with Crippen LogP contribution in [0.1, 0.15) is 11.0 Å². The number of pyridine rings is 1. The number of aryl methyl sites for hydroxylation is 1. The van der Waals surface area contributed by atoms with Gasteiger partial charge >= 0.3 is 0 Å². The Morgan fingerprint density at radius 3 is 2.34 bits per heavy atom. The number of furan rings is 1. The van der Waals surface area contributed by atoms with Crippen molar-refractivity contribution in [1.82, 2.24) is 14.5 Å². The second-order valence-corrected chi connectivity index (χ2v) is 9.88. The third kappa shape index (κ3) is 5.89. The van der Waals surface area contributed by atoms with Crippen molar-refractivity contribution in [1.29, 1.82) is 0 Å². The number of fused-ring (bicyclic) bond motifs is 2. The molecule has 0 saturated heterocycles. The second kappa shape index (κ2) is 13.0. The molecule has 0 fully saturated rings. The first kappa shape index (κ1) is 24.4. The molecule has 44 heavy (non-hydrogen) atoms. The van der Waals surface area contributed by atoms with E-state index in [0.717, 1.165) is 50.3 Å². The summed E-state index contributed by atoms with van der Waals surface area (Å²) in [6.07, 6.45) is 4.42. The molecule has 0 bridgehead atoms. The molecule has 0 aliphatic heterocycles. The van der Waals surface area contributed by atoms with E-state index in [2.05, 4.69) is 64.3 Å². The number of rotatable bonds is 4. The smallest absolute Gasteiger partial charge is 0.0774 e. The molecule has 8 aromatic rings. The molecule has 3 aromatic heterocycles. The first-order valence-corrected chi connectivity index (χ1v) is 13.8. The quantitative estimate of drug-likeness (QED) is 0.168. The number of nitrogens with zero attached hydrogens (tertiary/aromatic N) is 3. The van der Waals surface area contributed by atoms with Crippen molar-refractivity contribution in [3.05, 3.63) is 164 Å². The minimum absolute atomic E-state index is 0. The van der Waals surface area contributed by atoms with Crippen molar-refractivity contribution in [2.24, 2.45) is 0 Å². The monoisotopic (exact) mass is 750 g/mol. The molecule has 0 saturated carbocycles. The molecule has 1 radical (unpaired) electrons. The molecular formula is C39H27IrN3O-2. The van der Waals surface area contributed by atoms with E-state index in [4.69, 9.17) is 14.9 Å². The predicted molar refractivity (Wildman–Crippen MR) is 174 cm³/mol. The first-order chi connectivity index (χ1) is 22.8. The molecule has 5 aromatic carbocycles. The van der Waals surface area contributed by atoms with Gasteiger partial charge in [-0.1, -0.05) is 95.9 Å². The minimum atomic E-state index is -2.09. The zero-order valence-electron chi connectivity index (χ0n) is 27.4.